The number of aliphatic imine (C=N–C) groups is 1. The van der Waals surface area contributed by atoms with Crippen LogP contribution in [0.25, 0.3) is 0 Å². The minimum atomic E-state index is -0.483. The Morgan fingerprint density at radius 1 is 1.40 bits per heavy atom. The molecule has 0 saturated heterocycles. The predicted octanol–water partition coefficient (Wildman–Crippen LogP) is 4.95. The summed E-state index contributed by atoms with van der Waals surface area (Å²) >= 11 is 9.31. The van der Waals surface area contributed by atoms with Crippen molar-refractivity contribution >= 4 is 45.1 Å². The molecular weight excluding hydrogens is 410 g/mol. The van der Waals surface area contributed by atoms with Crippen molar-refractivity contribution in [1.29, 1.82) is 0 Å². The molecule has 0 aliphatic carbocycles. The SMILES string of the molecule is Cc1cc(Br)c(O)c(C=NCCCNc2ccc([N+](=O)[O-])cc2Cl)c1. The third-order valence-electron chi connectivity index (χ3n) is 3.41. The molecule has 0 aliphatic heterocycles. The van der Waals surface area contributed by atoms with Crippen LogP contribution in [0.2, 0.25) is 5.02 Å². The van der Waals surface area contributed by atoms with Gasteiger partial charge in [-0.15, -0.1) is 0 Å². The van der Waals surface area contributed by atoms with Crippen molar-refractivity contribution in [3.05, 3.63) is 61.1 Å². The summed E-state index contributed by atoms with van der Waals surface area (Å²) in [5.41, 5.74) is 2.31. The number of hydrogen-bond acceptors (Lipinski definition) is 5. The number of nitro groups is 1. The van der Waals surface area contributed by atoms with Crippen molar-refractivity contribution < 1.29 is 10.0 Å². The van der Waals surface area contributed by atoms with E-state index in [0.29, 0.717) is 33.8 Å². The maximum atomic E-state index is 10.7. The van der Waals surface area contributed by atoms with Crippen molar-refractivity contribution in [1.82, 2.24) is 0 Å². The summed E-state index contributed by atoms with van der Waals surface area (Å²) in [6.45, 7) is 3.14. The smallest absolute Gasteiger partial charge is 0.271 e. The summed E-state index contributed by atoms with van der Waals surface area (Å²) in [5, 5.41) is 24.1. The van der Waals surface area contributed by atoms with Gasteiger partial charge in [0.15, 0.2) is 0 Å². The van der Waals surface area contributed by atoms with Gasteiger partial charge in [-0.05, 0) is 53.0 Å². The minimum absolute atomic E-state index is 0.0377. The maximum Gasteiger partial charge on any atom is 0.271 e. The number of hydrogen-bond donors (Lipinski definition) is 2. The lowest BCUT2D eigenvalue weighted by Crippen LogP contribution is -2.04. The lowest BCUT2D eigenvalue weighted by Gasteiger charge is -2.07. The Morgan fingerprint density at radius 3 is 2.84 bits per heavy atom. The zero-order valence-corrected chi connectivity index (χ0v) is 15.8. The van der Waals surface area contributed by atoms with E-state index < -0.39 is 4.92 Å². The molecule has 2 N–H and O–H groups in total. The van der Waals surface area contributed by atoms with Crippen molar-refractivity contribution in [3.63, 3.8) is 0 Å². The first kappa shape index (κ1) is 19.2. The quantitative estimate of drug-likeness (QED) is 0.284. The van der Waals surface area contributed by atoms with Crippen LogP contribution in [-0.4, -0.2) is 29.3 Å². The molecule has 2 aromatic carbocycles. The molecule has 0 fully saturated rings. The van der Waals surface area contributed by atoms with Gasteiger partial charge in [0, 0.05) is 37.0 Å². The first-order valence-corrected chi connectivity index (χ1v) is 8.72. The Bertz CT molecular complexity index is 812. The molecule has 2 aromatic rings. The normalized spacial score (nSPS) is 11.0. The van der Waals surface area contributed by atoms with Gasteiger partial charge in [-0.25, -0.2) is 0 Å². The molecule has 0 atom stereocenters. The van der Waals surface area contributed by atoms with Crippen molar-refractivity contribution in [2.24, 2.45) is 4.99 Å². The number of aryl methyl sites for hydroxylation is 1. The van der Waals surface area contributed by atoms with Gasteiger partial charge in [0.2, 0.25) is 0 Å². The van der Waals surface area contributed by atoms with Crippen LogP contribution in [-0.2, 0) is 0 Å². The number of nitrogens with one attached hydrogen (secondary N) is 1. The maximum absolute atomic E-state index is 10.7. The highest BCUT2D eigenvalue weighted by Gasteiger charge is 2.08. The number of rotatable bonds is 7. The largest absolute Gasteiger partial charge is 0.506 e. The van der Waals surface area contributed by atoms with E-state index in [2.05, 4.69) is 26.2 Å². The highest BCUT2D eigenvalue weighted by molar-refractivity contribution is 9.10. The van der Waals surface area contributed by atoms with Gasteiger partial charge in [-0.2, -0.15) is 0 Å². The van der Waals surface area contributed by atoms with Crippen LogP contribution >= 0.6 is 27.5 Å². The Hall–Kier alpha value is -2.12. The van der Waals surface area contributed by atoms with Crippen LogP contribution in [0.1, 0.15) is 17.5 Å². The number of phenolic OH excluding ortho intramolecular Hbond substituents is 1. The molecule has 6 nitrogen and oxygen atoms in total. The Morgan fingerprint density at radius 2 is 2.16 bits per heavy atom. The molecular formula is C17H17BrClN3O3. The molecule has 0 unspecified atom stereocenters. The van der Waals surface area contributed by atoms with Gasteiger partial charge < -0.3 is 10.4 Å². The lowest BCUT2D eigenvalue weighted by atomic mass is 10.1. The van der Waals surface area contributed by atoms with E-state index in [1.807, 2.05) is 19.1 Å². The average molecular weight is 427 g/mol. The van der Waals surface area contributed by atoms with Crippen LogP contribution in [0, 0.1) is 17.0 Å². The summed E-state index contributed by atoms with van der Waals surface area (Å²) < 4.78 is 0.642. The van der Waals surface area contributed by atoms with Gasteiger partial charge in [0.25, 0.3) is 5.69 Å². The van der Waals surface area contributed by atoms with Crippen LogP contribution in [0.3, 0.4) is 0 Å². The van der Waals surface area contributed by atoms with Crippen molar-refractivity contribution in [3.8, 4) is 5.75 Å². The van der Waals surface area contributed by atoms with E-state index in [1.165, 1.54) is 12.1 Å². The molecule has 0 aromatic heterocycles. The number of anilines is 1. The van der Waals surface area contributed by atoms with Crippen molar-refractivity contribution in [2.45, 2.75) is 13.3 Å². The van der Waals surface area contributed by atoms with Crippen molar-refractivity contribution in [2.75, 3.05) is 18.4 Å². The third-order valence-corrected chi connectivity index (χ3v) is 4.33. The zero-order valence-electron chi connectivity index (χ0n) is 13.5. The summed E-state index contributed by atoms with van der Waals surface area (Å²) in [5.74, 6) is 0.171. The van der Waals surface area contributed by atoms with E-state index in [-0.39, 0.29) is 11.4 Å². The van der Waals surface area contributed by atoms with E-state index >= 15 is 0 Å². The standard InChI is InChI=1S/C17H17BrClN3O3/c1-11-7-12(17(23)14(18)8-11)10-20-5-2-6-21-16-4-3-13(22(24)25)9-15(16)19/h3-4,7-10,21,23H,2,5-6H2,1H3. The van der Waals surface area contributed by atoms with Crippen LogP contribution in [0.5, 0.6) is 5.75 Å². The number of nitrogens with zero attached hydrogens (tertiary/aromatic N) is 2. The second-order valence-electron chi connectivity index (χ2n) is 5.42. The molecule has 25 heavy (non-hydrogen) atoms. The average Bonchev–Trinajstić information content (AvgIpc) is 2.55. The van der Waals surface area contributed by atoms with E-state index in [0.717, 1.165) is 12.0 Å². The monoisotopic (exact) mass is 425 g/mol. The highest BCUT2D eigenvalue weighted by Crippen LogP contribution is 2.28. The van der Waals surface area contributed by atoms with Crippen LogP contribution in [0.15, 0.2) is 39.8 Å². The molecule has 0 amide bonds. The molecule has 0 spiro atoms. The minimum Gasteiger partial charge on any atom is -0.506 e. The topological polar surface area (TPSA) is 87.8 Å². The van der Waals surface area contributed by atoms with Gasteiger partial charge in [-0.1, -0.05) is 11.6 Å². The Balaban J connectivity index is 1.83. The van der Waals surface area contributed by atoms with E-state index in [4.69, 9.17) is 11.6 Å². The fourth-order valence-corrected chi connectivity index (χ4v) is 3.01. The Kier molecular flexibility index (Phi) is 6.78. The van der Waals surface area contributed by atoms with E-state index in [9.17, 15) is 15.2 Å². The molecule has 0 heterocycles. The van der Waals surface area contributed by atoms with Crippen LogP contribution < -0.4 is 5.32 Å². The van der Waals surface area contributed by atoms with Gasteiger partial charge in [0.1, 0.15) is 5.75 Å². The summed E-state index contributed by atoms with van der Waals surface area (Å²) in [6, 6.07) is 8.01. The predicted molar refractivity (Wildman–Crippen MR) is 104 cm³/mol. The first-order chi connectivity index (χ1) is 11.9. The zero-order chi connectivity index (χ0) is 18.4. The second kappa shape index (κ2) is 8.82. The van der Waals surface area contributed by atoms with Gasteiger partial charge in [0.05, 0.1) is 20.1 Å². The lowest BCUT2D eigenvalue weighted by molar-refractivity contribution is -0.384. The van der Waals surface area contributed by atoms with Crippen LogP contribution in [0.4, 0.5) is 11.4 Å². The molecule has 0 bridgehead atoms. The molecule has 132 valence electrons. The fourth-order valence-electron chi connectivity index (χ4n) is 2.18. The fraction of sp³-hybridized carbons (Fsp3) is 0.235. The Labute approximate surface area is 158 Å². The number of benzene rings is 2. The number of aromatic hydroxyl groups is 1. The number of nitro benzene ring substituents is 1. The molecule has 8 heteroatoms. The summed E-state index contributed by atoms with van der Waals surface area (Å²) in [6.07, 6.45) is 2.39. The molecule has 2 rings (SSSR count). The molecule has 0 radical (unpaired) electrons. The van der Waals surface area contributed by atoms with E-state index in [1.54, 1.807) is 12.3 Å². The number of halogens is 2. The second-order valence-corrected chi connectivity index (χ2v) is 6.68. The molecule has 0 aliphatic rings. The first-order valence-electron chi connectivity index (χ1n) is 7.55. The number of non-ortho nitro benzene ring substituents is 1. The van der Waals surface area contributed by atoms with Gasteiger partial charge in [-0.3, -0.25) is 15.1 Å². The molecule has 0 saturated carbocycles. The summed E-state index contributed by atoms with van der Waals surface area (Å²) in [7, 11) is 0. The highest BCUT2D eigenvalue weighted by atomic mass is 79.9. The summed E-state index contributed by atoms with van der Waals surface area (Å²) in [4.78, 5) is 14.5. The van der Waals surface area contributed by atoms with Gasteiger partial charge >= 0.3 is 0 Å². The third kappa shape index (κ3) is 5.44. The number of phenols is 1.